The van der Waals surface area contributed by atoms with Crippen LogP contribution in [0.15, 0.2) is 18.2 Å². The zero-order valence-electron chi connectivity index (χ0n) is 12.2. The molecule has 9 heteroatoms. The minimum Gasteiger partial charge on any atom is -0.482 e. The Morgan fingerprint density at radius 2 is 2.13 bits per heavy atom. The lowest BCUT2D eigenvalue weighted by molar-refractivity contribution is -0.157. The van der Waals surface area contributed by atoms with E-state index in [0.717, 1.165) is 5.01 Å². The monoisotopic (exact) mass is 360 g/mol. The van der Waals surface area contributed by atoms with Crippen LogP contribution in [0.5, 0.6) is 5.75 Å². The first kappa shape index (κ1) is 17.4. The number of hydrogen-bond donors (Lipinski definition) is 1. The molecule has 2 amide bonds. The van der Waals surface area contributed by atoms with E-state index in [4.69, 9.17) is 27.9 Å². The predicted octanol–water partition coefficient (Wildman–Crippen LogP) is 1.42. The first-order chi connectivity index (χ1) is 10.9. The average Bonchev–Trinajstić information content (AvgIpc) is 2.52. The zero-order chi connectivity index (χ0) is 17.0. The van der Waals surface area contributed by atoms with E-state index in [2.05, 4.69) is 10.2 Å². The number of ether oxygens (including phenoxy) is 2. The Morgan fingerprint density at radius 3 is 2.78 bits per heavy atom. The van der Waals surface area contributed by atoms with Crippen LogP contribution in [0, 0.1) is 5.92 Å². The third kappa shape index (κ3) is 4.49. The van der Waals surface area contributed by atoms with Crippen molar-refractivity contribution in [3.8, 4) is 5.75 Å². The number of carbonyl (C=O) groups excluding carboxylic acids is 3. The van der Waals surface area contributed by atoms with Crippen LogP contribution in [-0.4, -0.2) is 43.1 Å². The summed E-state index contributed by atoms with van der Waals surface area (Å²) >= 11 is 11.7. The van der Waals surface area contributed by atoms with E-state index in [0.29, 0.717) is 5.02 Å². The van der Waals surface area contributed by atoms with E-state index in [1.807, 2.05) is 0 Å². The Kier molecular flexibility index (Phi) is 5.68. The van der Waals surface area contributed by atoms with Gasteiger partial charge in [0.15, 0.2) is 6.61 Å². The number of amides is 2. The molecule has 1 heterocycles. The second-order valence-corrected chi connectivity index (χ2v) is 5.67. The molecule has 1 aromatic rings. The molecule has 0 aliphatic carbocycles. The summed E-state index contributed by atoms with van der Waals surface area (Å²) in [5, 5.41) is 1.75. The highest BCUT2D eigenvalue weighted by atomic mass is 35.5. The Hall–Kier alpha value is -1.99. The highest BCUT2D eigenvalue weighted by molar-refractivity contribution is 6.35. The fraction of sp³-hybridized carbons (Fsp3) is 0.357. The van der Waals surface area contributed by atoms with Crippen molar-refractivity contribution in [2.75, 3.05) is 20.3 Å². The smallest absolute Gasteiger partial charge is 0.311 e. The number of methoxy groups -OCH3 is 1. The summed E-state index contributed by atoms with van der Waals surface area (Å²) in [6.45, 7) is -0.329. The van der Waals surface area contributed by atoms with Gasteiger partial charge in [-0.25, -0.2) is 0 Å². The summed E-state index contributed by atoms with van der Waals surface area (Å²) in [5.74, 6) is -1.91. The lowest BCUT2D eigenvalue weighted by Gasteiger charge is -2.31. The lowest BCUT2D eigenvalue weighted by atomic mass is 10.0. The summed E-state index contributed by atoms with van der Waals surface area (Å²) in [6.07, 6.45) is -0.0275. The van der Waals surface area contributed by atoms with E-state index in [9.17, 15) is 14.4 Å². The largest absolute Gasteiger partial charge is 0.482 e. The van der Waals surface area contributed by atoms with Crippen molar-refractivity contribution < 1.29 is 23.9 Å². The molecule has 1 aromatic carbocycles. The molecule has 0 aromatic heterocycles. The van der Waals surface area contributed by atoms with Gasteiger partial charge in [-0.1, -0.05) is 23.2 Å². The van der Waals surface area contributed by atoms with Gasteiger partial charge in [-0.3, -0.25) is 24.8 Å². The zero-order valence-corrected chi connectivity index (χ0v) is 13.7. The van der Waals surface area contributed by atoms with Gasteiger partial charge in [0, 0.05) is 11.4 Å². The van der Waals surface area contributed by atoms with Crippen LogP contribution in [-0.2, 0) is 19.1 Å². The van der Waals surface area contributed by atoms with Crippen LogP contribution in [0.25, 0.3) is 0 Å². The predicted molar refractivity (Wildman–Crippen MR) is 81.9 cm³/mol. The van der Waals surface area contributed by atoms with Crippen LogP contribution < -0.4 is 10.2 Å². The number of halogens is 2. The van der Waals surface area contributed by atoms with Gasteiger partial charge in [0.05, 0.1) is 24.6 Å². The van der Waals surface area contributed by atoms with Gasteiger partial charge in [-0.05, 0) is 18.2 Å². The van der Waals surface area contributed by atoms with Gasteiger partial charge in [0.25, 0.3) is 5.91 Å². The average molecular weight is 361 g/mol. The Balaban J connectivity index is 1.96. The van der Waals surface area contributed by atoms with Gasteiger partial charge < -0.3 is 9.47 Å². The number of hydrogen-bond acceptors (Lipinski definition) is 5. The van der Waals surface area contributed by atoms with Crippen molar-refractivity contribution in [1.29, 1.82) is 0 Å². The number of nitrogens with zero attached hydrogens (tertiary/aromatic N) is 1. The van der Waals surface area contributed by atoms with Crippen LogP contribution in [0.1, 0.15) is 6.42 Å². The first-order valence-corrected chi connectivity index (χ1v) is 7.42. The quantitative estimate of drug-likeness (QED) is 0.820. The van der Waals surface area contributed by atoms with E-state index < -0.39 is 23.7 Å². The molecule has 0 spiro atoms. The normalized spacial score (nSPS) is 17.4. The molecule has 1 atom stereocenters. The molecule has 124 valence electrons. The third-order valence-electron chi connectivity index (χ3n) is 3.18. The molecule has 1 aliphatic rings. The fourth-order valence-corrected chi connectivity index (χ4v) is 2.51. The molecule has 7 nitrogen and oxygen atoms in total. The van der Waals surface area contributed by atoms with Gasteiger partial charge in [0.2, 0.25) is 5.91 Å². The number of rotatable bonds is 4. The number of hydrazine groups is 1. The summed E-state index contributed by atoms with van der Waals surface area (Å²) < 4.78 is 9.92. The Bertz CT molecular complexity index is 638. The molecule has 0 bridgehead atoms. The number of nitrogens with one attached hydrogen (secondary N) is 1. The SMILES string of the molecule is COC(=O)C1CC(=O)NN(C(=O)COc2ccc(Cl)cc2Cl)C1. The van der Waals surface area contributed by atoms with E-state index in [-0.39, 0.29) is 30.3 Å². The van der Waals surface area contributed by atoms with Crippen molar-refractivity contribution in [2.24, 2.45) is 5.92 Å². The Labute approximate surface area is 142 Å². The molecule has 1 aliphatic heterocycles. The van der Waals surface area contributed by atoms with Gasteiger partial charge in [0.1, 0.15) is 5.75 Å². The van der Waals surface area contributed by atoms with Crippen LogP contribution in [0.4, 0.5) is 0 Å². The maximum atomic E-state index is 12.1. The number of carbonyl (C=O) groups is 3. The fourth-order valence-electron chi connectivity index (χ4n) is 2.05. The van der Waals surface area contributed by atoms with E-state index >= 15 is 0 Å². The van der Waals surface area contributed by atoms with Crippen LogP contribution >= 0.6 is 23.2 Å². The molecule has 0 saturated carbocycles. The van der Waals surface area contributed by atoms with Crippen molar-refractivity contribution in [2.45, 2.75) is 6.42 Å². The molecule has 23 heavy (non-hydrogen) atoms. The molecule has 1 saturated heterocycles. The molecule has 1 fully saturated rings. The summed E-state index contributed by atoms with van der Waals surface area (Å²) in [5.41, 5.74) is 2.39. The first-order valence-electron chi connectivity index (χ1n) is 6.66. The molecule has 2 rings (SSSR count). The number of esters is 1. The second kappa shape index (κ2) is 7.52. The molecule has 0 radical (unpaired) electrons. The minimum absolute atomic E-state index is 0.0228. The Morgan fingerprint density at radius 1 is 1.39 bits per heavy atom. The third-order valence-corrected chi connectivity index (χ3v) is 3.71. The van der Waals surface area contributed by atoms with E-state index in [1.165, 1.54) is 19.2 Å². The van der Waals surface area contributed by atoms with Crippen LogP contribution in [0.3, 0.4) is 0 Å². The standard InChI is InChI=1S/C14H14Cl2N2O5/c1-22-14(21)8-4-12(19)17-18(6-8)13(20)7-23-11-3-2-9(15)5-10(11)16/h2-3,5,8H,4,6-7H2,1H3,(H,17,19). The summed E-state index contributed by atoms with van der Waals surface area (Å²) in [7, 11) is 1.23. The molecular weight excluding hydrogens is 347 g/mol. The topological polar surface area (TPSA) is 84.9 Å². The van der Waals surface area contributed by atoms with Gasteiger partial charge in [-0.2, -0.15) is 0 Å². The van der Waals surface area contributed by atoms with Gasteiger partial charge >= 0.3 is 5.97 Å². The van der Waals surface area contributed by atoms with Crippen molar-refractivity contribution in [3.05, 3.63) is 28.2 Å². The van der Waals surface area contributed by atoms with Gasteiger partial charge in [-0.15, -0.1) is 0 Å². The molecular formula is C14H14Cl2N2O5. The maximum absolute atomic E-state index is 12.1. The minimum atomic E-state index is -0.697. The second-order valence-electron chi connectivity index (χ2n) is 4.83. The lowest BCUT2D eigenvalue weighted by Crippen LogP contribution is -2.55. The highest BCUT2D eigenvalue weighted by Gasteiger charge is 2.33. The van der Waals surface area contributed by atoms with E-state index in [1.54, 1.807) is 6.07 Å². The summed E-state index contributed by atoms with van der Waals surface area (Å²) in [6, 6.07) is 4.59. The van der Waals surface area contributed by atoms with Crippen molar-refractivity contribution in [1.82, 2.24) is 10.4 Å². The highest BCUT2D eigenvalue weighted by Crippen LogP contribution is 2.27. The van der Waals surface area contributed by atoms with Crippen LogP contribution in [0.2, 0.25) is 10.0 Å². The molecule has 1 unspecified atom stereocenters. The molecule has 1 N–H and O–H groups in total. The maximum Gasteiger partial charge on any atom is 0.311 e. The van der Waals surface area contributed by atoms with Crippen molar-refractivity contribution in [3.63, 3.8) is 0 Å². The number of benzene rings is 1. The summed E-state index contributed by atoms with van der Waals surface area (Å²) in [4.78, 5) is 35.2. The van der Waals surface area contributed by atoms with Crippen molar-refractivity contribution >= 4 is 41.0 Å².